The highest BCUT2D eigenvalue weighted by atomic mass is 32.2. The molecule has 0 aliphatic carbocycles. The number of imidazole rings is 1. The summed E-state index contributed by atoms with van der Waals surface area (Å²) in [4.78, 5) is 17.5. The van der Waals surface area contributed by atoms with Crippen molar-refractivity contribution in [2.75, 3.05) is 5.75 Å². The van der Waals surface area contributed by atoms with Gasteiger partial charge in [0.2, 0.25) is 0 Å². The lowest BCUT2D eigenvalue weighted by atomic mass is 10.1. The zero-order valence-electron chi connectivity index (χ0n) is 12.3. The van der Waals surface area contributed by atoms with Crippen LogP contribution >= 0.6 is 11.8 Å². The summed E-state index contributed by atoms with van der Waals surface area (Å²) in [7, 11) is 0. The smallest absolute Gasteiger partial charge is 0.264 e. The molecule has 110 valence electrons. The average molecular weight is 308 g/mol. The zero-order valence-corrected chi connectivity index (χ0v) is 13.1. The van der Waals surface area contributed by atoms with E-state index in [9.17, 15) is 4.79 Å². The maximum Gasteiger partial charge on any atom is 0.264 e. The topological polar surface area (TPSA) is 34.9 Å². The van der Waals surface area contributed by atoms with Crippen LogP contribution in [0.15, 0.2) is 66.3 Å². The molecule has 3 nitrogen and oxygen atoms in total. The lowest BCUT2D eigenvalue weighted by molar-refractivity contribution is 0.0955. The number of hydrogen-bond donors (Lipinski definition) is 0. The van der Waals surface area contributed by atoms with Gasteiger partial charge >= 0.3 is 0 Å². The number of carbonyl (C=O) groups is 1. The van der Waals surface area contributed by atoms with Crippen molar-refractivity contribution >= 4 is 28.7 Å². The summed E-state index contributed by atoms with van der Waals surface area (Å²) < 4.78 is 1.69. The van der Waals surface area contributed by atoms with Gasteiger partial charge in [0.25, 0.3) is 5.91 Å². The fraction of sp³-hybridized carbons (Fsp3) is 0.111. The third-order valence-corrected chi connectivity index (χ3v) is 4.30. The van der Waals surface area contributed by atoms with Gasteiger partial charge in [-0.2, -0.15) is 0 Å². The number of rotatable bonds is 4. The normalized spacial score (nSPS) is 10.8. The molecule has 1 heterocycles. The maximum absolute atomic E-state index is 12.9. The van der Waals surface area contributed by atoms with Crippen LogP contribution in [0.3, 0.4) is 0 Å². The maximum atomic E-state index is 12.9. The molecule has 0 fully saturated rings. The molecule has 0 saturated carbocycles. The number of para-hydroxylation sites is 2. The predicted molar refractivity (Wildman–Crippen MR) is 91.6 cm³/mol. The Hall–Kier alpha value is -2.33. The van der Waals surface area contributed by atoms with Crippen LogP contribution < -0.4 is 0 Å². The number of nitrogens with zero attached hydrogens (tertiary/aromatic N) is 2. The Labute approximate surface area is 133 Å². The first-order valence-electron chi connectivity index (χ1n) is 7.03. The molecule has 0 bridgehead atoms. The van der Waals surface area contributed by atoms with Gasteiger partial charge in [0.05, 0.1) is 11.0 Å². The van der Waals surface area contributed by atoms with Gasteiger partial charge in [0, 0.05) is 11.3 Å². The fourth-order valence-electron chi connectivity index (χ4n) is 2.26. The van der Waals surface area contributed by atoms with Crippen LogP contribution in [0.2, 0.25) is 0 Å². The van der Waals surface area contributed by atoms with Crippen LogP contribution in [-0.2, 0) is 0 Å². The van der Waals surface area contributed by atoms with Gasteiger partial charge in [-0.15, -0.1) is 6.58 Å². The molecule has 0 aliphatic rings. The molecule has 4 heteroatoms. The van der Waals surface area contributed by atoms with E-state index in [4.69, 9.17) is 0 Å². The monoisotopic (exact) mass is 308 g/mol. The fourth-order valence-corrected chi connectivity index (χ4v) is 3.00. The minimum absolute atomic E-state index is 0.0553. The van der Waals surface area contributed by atoms with Gasteiger partial charge in [0.15, 0.2) is 5.16 Å². The Balaban J connectivity index is 2.12. The lowest BCUT2D eigenvalue weighted by Crippen LogP contribution is -2.13. The molecule has 0 N–H and O–H groups in total. The quantitative estimate of drug-likeness (QED) is 0.532. The summed E-state index contributed by atoms with van der Waals surface area (Å²) in [5, 5.41) is 0.701. The highest BCUT2D eigenvalue weighted by Gasteiger charge is 2.18. The number of hydrogen-bond acceptors (Lipinski definition) is 3. The Morgan fingerprint density at radius 2 is 1.95 bits per heavy atom. The van der Waals surface area contributed by atoms with Crippen molar-refractivity contribution in [1.29, 1.82) is 0 Å². The third-order valence-electron chi connectivity index (χ3n) is 3.36. The summed E-state index contributed by atoms with van der Waals surface area (Å²) in [5.74, 6) is 0.657. The van der Waals surface area contributed by atoms with Crippen LogP contribution in [0, 0.1) is 6.92 Å². The van der Waals surface area contributed by atoms with Gasteiger partial charge in [-0.05, 0) is 31.2 Å². The lowest BCUT2D eigenvalue weighted by Gasteiger charge is -2.07. The minimum Gasteiger partial charge on any atom is -0.268 e. The number of benzene rings is 2. The number of fused-ring (bicyclic) bond motifs is 1. The van der Waals surface area contributed by atoms with Crippen LogP contribution in [0.5, 0.6) is 0 Å². The second kappa shape index (κ2) is 6.20. The van der Waals surface area contributed by atoms with E-state index < -0.39 is 0 Å². The largest absolute Gasteiger partial charge is 0.268 e. The summed E-state index contributed by atoms with van der Waals surface area (Å²) in [6.45, 7) is 5.74. The van der Waals surface area contributed by atoms with Crippen molar-refractivity contribution in [1.82, 2.24) is 9.55 Å². The highest BCUT2D eigenvalue weighted by molar-refractivity contribution is 7.99. The SMILES string of the molecule is C=CCSc1nc2ccccc2n1C(=O)c1ccc(C)cc1. The summed E-state index contributed by atoms with van der Waals surface area (Å²) in [5.41, 5.74) is 3.46. The van der Waals surface area contributed by atoms with Crippen LogP contribution in [-0.4, -0.2) is 21.2 Å². The third kappa shape index (κ3) is 2.70. The van der Waals surface area contributed by atoms with E-state index in [2.05, 4.69) is 11.6 Å². The second-order valence-electron chi connectivity index (χ2n) is 4.99. The number of aryl methyl sites for hydroxylation is 1. The minimum atomic E-state index is -0.0553. The summed E-state index contributed by atoms with van der Waals surface area (Å²) in [6.07, 6.45) is 1.81. The van der Waals surface area contributed by atoms with E-state index in [1.165, 1.54) is 11.8 Å². The number of carbonyl (C=O) groups excluding carboxylic acids is 1. The highest BCUT2D eigenvalue weighted by Crippen LogP contribution is 2.25. The van der Waals surface area contributed by atoms with E-state index >= 15 is 0 Å². The standard InChI is InChI=1S/C18H16N2OS/c1-3-12-22-18-19-15-6-4-5-7-16(15)20(18)17(21)14-10-8-13(2)9-11-14/h3-11H,1,12H2,2H3. The Morgan fingerprint density at radius 3 is 2.68 bits per heavy atom. The first-order chi connectivity index (χ1) is 10.7. The van der Waals surface area contributed by atoms with Crippen molar-refractivity contribution in [2.45, 2.75) is 12.1 Å². The van der Waals surface area contributed by atoms with E-state index in [-0.39, 0.29) is 5.91 Å². The van der Waals surface area contributed by atoms with E-state index in [1.54, 1.807) is 4.57 Å². The molecule has 3 aromatic rings. The first kappa shape index (κ1) is 14.6. The van der Waals surface area contributed by atoms with Gasteiger partial charge in [0.1, 0.15) is 0 Å². The Morgan fingerprint density at radius 1 is 1.23 bits per heavy atom. The molecule has 3 rings (SSSR count). The Bertz CT molecular complexity index is 834. The van der Waals surface area contributed by atoms with Crippen molar-refractivity contribution in [3.05, 3.63) is 72.3 Å². The van der Waals surface area contributed by atoms with Crippen LogP contribution in [0.25, 0.3) is 11.0 Å². The van der Waals surface area contributed by atoms with Crippen molar-refractivity contribution < 1.29 is 4.79 Å². The number of thioether (sulfide) groups is 1. The summed E-state index contributed by atoms with van der Waals surface area (Å²) >= 11 is 1.51. The van der Waals surface area contributed by atoms with Gasteiger partial charge in [-0.1, -0.05) is 47.7 Å². The first-order valence-corrected chi connectivity index (χ1v) is 8.02. The Kier molecular flexibility index (Phi) is 4.11. The molecule has 0 radical (unpaired) electrons. The molecule has 0 spiro atoms. The van der Waals surface area contributed by atoms with Crippen molar-refractivity contribution in [3.8, 4) is 0 Å². The van der Waals surface area contributed by atoms with Crippen LogP contribution in [0.4, 0.5) is 0 Å². The molecular formula is C18H16N2OS. The molecule has 2 aromatic carbocycles. The van der Waals surface area contributed by atoms with Gasteiger partial charge in [-0.3, -0.25) is 9.36 Å². The molecular weight excluding hydrogens is 292 g/mol. The van der Waals surface area contributed by atoms with E-state index in [0.717, 1.165) is 16.6 Å². The zero-order chi connectivity index (χ0) is 15.5. The van der Waals surface area contributed by atoms with Gasteiger partial charge < -0.3 is 0 Å². The van der Waals surface area contributed by atoms with E-state index in [0.29, 0.717) is 16.5 Å². The second-order valence-corrected chi connectivity index (χ2v) is 5.98. The molecule has 1 aromatic heterocycles. The molecule has 22 heavy (non-hydrogen) atoms. The van der Waals surface area contributed by atoms with E-state index in [1.807, 2.05) is 61.5 Å². The average Bonchev–Trinajstić information content (AvgIpc) is 2.91. The predicted octanol–water partition coefficient (Wildman–Crippen LogP) is 4.31. The van der Waals surface area contributed by atoms with Gasteiger partial charge in [-0.25, -0.2) is 4.98 Å². The molecule has 0 unspecified atom stereocenters. The van der Waals surface area contributed by atoms with Crippen LogP contribution in [0.1, 0.15) is 15.9 Å². The van der Waals surface area contributed by atoms with Crippen molar-refractivity contribution in [2.24, 2.45) is 0 Å². The summed E-state index contributed by atoms with van der Waals surface area (Å²) in [6, 6.07) is 15.3. The van der Waals surface area contributed by atoms with Crippen molar-refractivity contribution in [3.63, 3.8) is 0 Å². The number of aromatic nitrogens is 2. The molecule has 0 saturated heterocycles. The molecule has 0 aliphatic heterocycles. The molecule has 0 atom stereocenters. The molecule has 0 amide bonds.